The number of nitrogens with zero attached hydrogens (tertiary/aromatic N) is 2. The summed E-state index contributed by atoms with van der Waals surface area (Å²) in [6, 6.07) is 0. The van der Waals surface area contributed by atoms with Crippen molar-refractivity contribution < 1.29 is 18.3 Å². The normalized spacial score (nSPS) is 19.1. The van der Waals surface area contributed by atoms with Crippen LogP contribution < -0.4 is 0 Å². The smallest absolute Gasteiger partial charge is 0.304 e. The Bertz CT molecular complexity index is 420. The first-order valence-corrected chi connectivity index (χ1v) is 8.66. The molecule has 1 saturated heterocycles. The molecule has 1 N–H and O–H groups in total. The number of carbonyl (C=O) groups is 1. The molecule has 118 valence electrons. The fourth-order valence-corrected chi connectivity index (χ4v) is 3.16. The summed E-state index contributed by atoms with van der Waals surface area (Å²) in [5, 5.41) is 8.64. The quantitative estimate of drug-likeness (QED) is 0.760. The molecule has 0 saturated carbocycles. The molecule has 1 aliphatic heterocycles. The largest absolute Gasteiger partial charge is 0.481 e. The molecule has 1 rings (SSSR count). The number of hydrogen-bond donors (Lipinski definition) is 1. The summed E-state index contributed by atoms with van der Waals surface area (Å²) in [6.45, 7) is 9.55. The van der Waals surface area contributed by atoms with Crippen LogP contribution in [0.15, 0.2) is 0 Å². The summed E-state index contributed by atoms with van der Waals surface area (Å²) in [5.74, 6) is -0.588. The average molecular weight is 306 g/mol. The molecule has 0 amide bonds. The van der Waals surface area contributed by atoms with E-state index in [2.05, 4.69) is 9.80 Å². The van der Waals surface area contributed by atoms with Gasteiger partial charge in [-0.05, 0) is 20.8 Å². The van der Waals surface area contributed by atoms with Crippen molar-refractivity contribution in [2.24, 2.45) is 0 Å². The summed E-state index contributed by atoms with van der Waals surface area (Å²) < 4.78 is 23.4. The van der Waals surface area contributed by atoms with Crippen molar-refractivity contribution in [1.29, 1.82) is 0 Å². The van der Waals surface area contributed by atoms with Crippen LogP contribution in [0.25, 0.3) is 0 Å². The number of rotatable bonds is 6. The zero-order valence-electron chi connectivity index (χ0n) is 12.6. The van der Waals surface area contributed by atoms with Crippen LogP contribution >= 0.6 is 0 Å². The molecule has 0 bridgehead atoms. The zero-order chi connectivity index (χ0) is 15.4. The predicted molar refractivity (Wildman–Crippen MR) is 78.7 cm³/mol. The highest BCUT2D eigenvalue weighted by atomic mass is 32.2. The molecule has 1 aliphatic rings. The van der Waals surface area contributed by atoms with Crippen LogP contribution in [0.5, 0.6) is 0 Å². The fourth-order valence-electron chi connectivity index (χ4n) is 2.05. The van der Waals surface area contributed by atoms with Crippen LogP contribution in [0, 0.1) is 0 Å². The van der Waals surface area contributed by atoms with E-state index in [4.69, 9.17) is 5.11 Å². The third-order valence-corrected chi connectivity index (χ3v) is 6.30. The number of carboxylic acid groups (broad SMARTS) is 1. The highest BCUT2D eigenvalue weighted by Crippen LogP contribution is 2.16. The first kappa shape index (κ1) is 17.4. The van der Waals surface area contributed by atoms with Crippen molar-refractivity contribution in [2.45, 2.75) is 31.9 Å². The van der Waals surface area contributed by atoms with Gasteiger partial charge in [-0.2, -0.15) is 0 Å². The minimum Gasteiger partial charge on any atom is -0.481 e. The topological polar surface area (TPSA) is 77.9 Å². The van der Waals surface area contributed by atoms with Crippen LogP contribution in [0.1, 0.15) is 27.2 Å². The average Bonchev–Trinajstić information content (AvgIpc) is 2.34. The zero-order valence-corrected chi connectivity index (χ0v) is 13.4. The van der Waals surface area contributed by atoms with Crippen LogP contribution in [-0.2, 0) is 14.6 Å². The summed E-state index contributed by atoms with van der Waals surface area (Å²) in [5.41, 5.74) is 0. The minimum absolute atomic E-state index is 0.165. The molecule has 0 aromatic carbocycles. The summed E-state index contributed by atoms with van der Waals surface area (Å²) >= 11 is 0. The van der Waals surface area contributed by atoms with E-state index in [9.17, 15) is 13.2 Å². The first-order valence-electron chi connectivity index (χ1n) is 7.00. The Morgan fingerprint density at radius 1 is 1.05 bits per heavy atom. The molecule has 0 aliphatic carbocycles. The second-order valence-corrected chi connectivity index (χ2v) is 9.12. The van der Waals surface area contributed by atoms with Gasteiger partial charge in [-0.3, -0.25) is 9.69 Å². The lowest BCUT2D eigenvalue weighted by Gasteiger charge is -2.34. The van der Waals surface area contributed by atoms with Gasteiger partial charge in [0.1, 0.15) is 0 Å². The van der Waals surface area contributed by atoms with Crippen LogP contribution in [0.2, 0.25) is 0 Å². The number of piperazine rings is 1. The molecule has 0 unspecified atom stereocenters. The van der Waals surface area contributed by atoms with Crippen molar-refractivity contribution in [3.05, 3.63) is 0 Å². The third kappa shape index (κ3) is 5.38. The number of sulfone groups is 1. The van der Waals surface area contributed by atoms with Gasteiger partial charge in [0.2, 0.25) is 0 Å². The molecule has 0 radical (unpaired) electrons. The molecular formula is C13H26N2O4S. The van der Waals surface area contributed by atoms with E-state index < -0.39 is 20.6 Å². The lowest BCUT2D eigenvalue weighted by molar-refractivity contribution is -0.137. The second kappa shape index (κ2) is 6.87. The Balaban J connectivity index is 2.31. The van der Waals surface area contributed by atoms with E-state index in [1.54, 1.807) is 20.8 Å². The molecule has 6 nitrogen and oxygen atoms in total. The van der Waals surface area contributed by atoms with Crippen LogP contribution in [0.4, 0.5) is 0 Å². The predicted octanol–water partition coefficient (Wildman–Crippen LogP) is 0.292. The standard InChI is InChI=1S/C13H26N2O4S/c1-13(2,3)20(18,19)11-10-15-8-6-14(7-9-15)5-4-12(16)17/h4-11H2,1-3H3,(H,16,17). The van der Waals surface area contributed by atoms with Gasteiger partial charge in [0, 0.05) is 39.3 Å². The molecule has 20 heavy (non-hydrogen) atoms. The molecule has 0 aromatic rings. The first-order chi connectivity index (χ1) is 9.12. The van der Waals surface area contributed by atoms with E-state index in [0.717, 1.165) is 26.2 Å². The molecule has 0 atom stereocenters. The van der Waals surface area contributed by atoms with Crippen molar-refractivity contribution in [3.8, 4) is 0 Å². The lowest BCUT2D eigenvalue weighted by atomic mass is 10.3. The van der Waals surface area contributed by atoms with Gasteiger partial charge in [0.05, 0.1) is 16.9 Å². The van der Waals surface area contributed by atoms with Gasteiger partial charge in [0.25, 0.3) is 0 Å². The maximum absolute atomic E-state index is 12.0. The second-order valence-electron chi connectivity index (χ2n) is 6.26. The molecule has 1 heterocycles. The maximum atomic E-state index is 12.0. The van der Waals surface area contributed by atoms with E-state index in [0.29, 0.717) is 13.1 Å². The monoisotopic (exact) mass is 306 g/mol. The highest BCUT2D eigenvalue weighted by Gasteiger charge is 2.29. The van der Waals surface area contributed by atoms with Gasteiger partial charge in [-0.1, -0.05) is 0 Å². The van der Waals surface area contributed by atoms with Crippen LogP contribution in [0.3, 0.4) is 0 Å². The molecule has 0 spiro atoms. The van der Waals surface area contributed by atoms with Crippen molar-refractivity contribution in [3.63, 3.8) is 0 Å². The number of carboxylic acids is 1. The highest BCUT2D eigenvalue weighted by molar-refractivity contribution is 7.92. The maximum Gasteiger partial charge on any atom is 0.304 e. The third-order valence-electron chi connectivity index (χ3n) is 3.72. The fraction of sp³-hybridized carbons (Fsp3) is 0.923. The van der Waals surface area contributed by atoms with Crippen molar-refractivity contribution >= 4 is 15.8 Å². The van der Waals surface area contributed by atoms with E-state index in [1.807, 2.05) is 0 Å². The summed E-state index contributed by atoms with van der Waals surface area (Å²) in [7, 11) is -3.07. The Hall–Kier alpha value is -0.660. The van der Waals surface area contributed by atoms with Gasteiger partial charge in [0.15, 0.2) is 9.84 Å². The van der Waals surface area contributed by atoms with Crippen molar-refractivity contribution in [1.82, 2.24) is 9.80 Å². The van der Waals surface area contributed by atoms with Gasteiger partial charge in [-0.25, -0.2) is 8.42 Å². The molecular weight excluding hydrogens is 280 g/mol. The molecule has 7 heteroatoms. The van der Waals surface area contributed by atoms with Crippen molar-refractivity contribution in [2.75, 3.05) is 45.0 Å². The minimum atomic E-state index is -3.07. The number of hydrogen-bond acceptors (Lipinski definition) is 5. The number of aliphatic carboxylic acids is 1. The Labute approximate surface area is 121 Å². The SMILES string of the molecule is CC(C)(C)S(=O)(=O)CCN1CCN(CCC(=O)O)CC1. The van der Waals surface area contributed by atoms with E-state index >= 15 is 0 Å². The Morgan fingerprint density at radius 2 is 1.50 bits per heavy atom. The molecule has 0 aromatic heterocycles. The van der Waals surface area contributed by atoms with Gasteiger partial charge >= 0.3 is 5.97 Å². The van der Waals surface area contributed by atoms with E-state index in [1.165, 1.54) is 0 Å². The summed E-state index contributed by atoms with van der Waals surface area (Å²) in [6.07, 6.45) is 0.165. The van der Waals surface area contributed by atoms with Gasteiger partial charge in [-0.15, -0.1) is 0 Å². The van der Waals surface area contributed by atoms with Crippen LogP contribution in [-0.4, -0.2) is 79.1 Å². The Kier molecular flexibility index (Phi) is 5.97. The molecule has 1 fully saturated rings. The Morgan fingerprint density at radius 3 is 1.90 bits per heavy atom. The summed E-state index contributed by atoms with van der Waals surface area (Å²) in [4.78, 5) is 14.8. The van der Waals surface area contributed by atoms with E-state index in [-0.39, 0.29) is 12.2 Å². The lowest BCUT2D eigenvalue weighted by Crippen LogP contribution is -2.48. The van der Waals surface area contributed by atoms with Gasteiger partial charge < -0.3 is 10.0 Å².